The average molecular weight is 523 g/mol. The Labute approximate surface area is 218 Å². The van der Waals surface area contributed by atoms with E-state index in [9.17, 15) is 23.5 Å². The van der Waals surface area contributed by atoms with Crippen LogP contribution in [0.15, 0.2) is 60.8 Å². The van der Waals surface area contributed by atoms with Crippen molar-refractivity contribution in [3.63, 3.8) is 0 Å². The van der Waals surface area contributed by atoms with Gasteiger partial charge in [0.15, 0.2) is 11.6 Å². The van der Waals surface area contributed by atoms with Crippen molar-refractivity contribution < 1.29 is 28.2 Å². The highest BCUT2D eigenvalue weighted by molar-refractivity contribution is 6.15. The van der Waals surface area contributed by atoms with Gasteiger partial charge in [0.25, 0.3) is 11.8 Å². The van der Waals surface area contributed by atoms with Crippen molar-refractivity contribution in [1.82, 2.24) is 14.5 Å². The molecule has 2 aromatic heterocycles. The molecule has 0 fully saturated rings. The van der Waals surface area contributed by atoms with E-state index in [-0.39, 0.29) is 37.0 Å². The molecule has 10 heteroatoms. The summed E-state index contributed by atoms with van der Waals surface area (Å²) in [4.78, 5) is 32.4. The van der Waals surface area contributed by atoms with Crippen LogP contribution in [-0.4, -0.2) is 50.6 Å². The number of halogens is 2. The minimum Gasteiger partial charge on any atom is -0.491 e. The number of nitrogens with two attached hydrogens (primary N) is 1. The molecule has 0 spiro atoms. The molecule has 0 aliphatic carbocycles. The standard InChI is InChI=1S/C28H28F2N4O4/c1-17(2)38-20-7-8-21-24(14-20)34(16-19-5-3-4-10-32-19)26(25(21)27(31)36)28(37)33(11-12-35)15-18-6-9-22(29)23(30)13-18/h3-10,13-14,17,35H,11-12,15-16H2,1-2H3,(H2,31,36). The van der Waals surface area contributed by atoms with E-state index in [1.165, 1.54) is 11.0 Å². The minimum absolute atomic E-state index is 0.00381. The Morgan fingerprint density at radius 1 is 1.11 bits per heavy atom. The van der Waals surface area contributed by atoms with Crippen LogP contribution < -0.4 is 10.5 Å². The van der Waals surface area contributed by atoms with E-state index in [0.717, 1.165) is 12.1 Å². The molecule has 2 amide bonds. The predicted octanol–water partition coefficient (Wildman–Crippen LogP) is 3.88. The molecule has 3 N–H and O–H groups in total. The van der Waals surface area contributed by atoms with Crippen molar-refractivity contribution in [1.29, 1.82) is 0 Å². The van der Waals surface area contributed by atoms with Gasteiger partial charge in [-0.2, -0.15) is 0 Å². The van der Waals surface area contributed by atoms with Crippen LogP contribution in [0.3, 0.4) is 0 Å². The van der Waals surface area contributed by atoms with Crippen molar-refractivity contribution in [3.8, 4) is 5.75 Å². The SMILES string of the molecule is CC(C)Oc1ccc2c(C(N)=O)c(C(=O)N(CCO)Cc3ccc(F)c(F)c3)n(Cc3ccccn3)c2c1. The zero-order chi connectivity index (χ0) is 27.4. The van der Waals surface area contributed by atoms with Crippen molar-refractivity contribution >= 4 is 22.7 Å². The summed E-state index contributed by atoms with van der Waals surface area (Å²) in [6.45, 7) is 3.24. The highest BCUT2D eigenvalue weighted by Gasteiger charge is 2.30. The van der Waals surface area contributed by atoms with Gasteiger partial charge < -0.3 is 25.0 Å². The van der Waals surface area contributed by atoms with Crippen LogP contribution in [0.4, 0.5) is 8.78 Å². The number of hydrogen-bond donors (Lipinski definition) is 2. The van der Waals surface area contributed by atoms with E-state index in [4.69, 9.17) is 10.5 Å². The van der Waals surface area contributed by atoms with Gasteiger partial charge >= 0.3 is 0 Å². The third kappa shape index (κ3) is 5.65. The molecule has 4 aromatic rings. The molecule has 198 valence electrons. The van der Waals surface area contributed by atoms with E-state index in [1.54, 1.807) is 47.2 Å². The third-order valence-corrected chi connectivity index (χ3v) is 5.92. The van der Waals surface area contributed by atoms with E-state index in [2.05, 4.69) is 4.98 Å². The third-order valence-electron chi connectivity index (χ3n) is 5.92. The molecule has 2 heterocycles. The van der Waals surface area contributed by atoms with Gasteiger partial charge in [0.1, 0.15) is 11.4 Å². The van der Waals surface area contributed by atoms with Crippen molar-refractivity contribution in [2.45, 2.75) is 33.0 Å². The number of aromatic nitrogens is 2. The monoisotopic (exact) mass is 522 g/mol. The normalized spacial score (nSPS) is 11.2. The number of ether oxygens (including phenoxy) is 1. The number of aliphatic hydroxyl groups excluding tert-OH is 1. The van der Waals surface area contributed by atoms with Crippen LogP contribution in [0.5, 0.6) is 5.75 Å². The number of primary amides is 1. The van der Waals surface area contributed by atoms with Gasteiger partial charge in [0.2, 0.25) is 0 Å². The van der Waals surface area contributed by atoms with Gasteiger partial charge in [-0.05, 0) is 55.8 Å². The number of benzene rings is 2. The second-order valence-corrected chi connectivity index (χ2v) is 9.04. The fourth-order valence-electron chi connectivity index (χ4n) is 4.35. The van der Waals surface area contributed by atoms with Gasteiger partial charge in [-0.15, -0.1) is 0 Å². The lowest BCUT2D eigenvalue weighted by atomic mass is 10.1. The molecule has 0 saturated carbocycles. The summed E-state index contributed by atoms with van der Waals surface area (Å²) < 4.78 is 34.8. The number of hydrogen-bond acceptors (Lipinski definition) is 5. The Hall–Kier alpha value is -4.31. The lowest BCUT2D eigenvalue weighted by Crippen LogP contribution is -2.36. The Morgan fingerprint density at radius 3 is 2.53 bits per heavy atom. The van der Waals surface area contributed by atoms with Crippen LogP contribution in [-0.2, 0) is 13.1 Å². The second-order valence-electron chi connectivity index (χ2n) is 9.04. The number of carbonyl (C=O) groups is 2. The smallest absolute Gasteiger partial charge is 0.271 e. The average Bonchev–Trinajstić information content (AvgIpc) is 3.19. The van der Waals surface area contributed by atoms with Gasteiger partial charge in [-0.25, -0.2) is 8.78 Å². The predicted molar refractivity (Wildman–Crippen MR) is 138 cm³/mol. The van der Waals surface area contributed by atoms with Crippen LogP contribution in [0.2, 0.25) is 0 Å². The molecule has 0 unspecified atom stereocenters. The zero-order valence-corrected chi connectivity index (χ0v) is 21.0. The molecule has 0 saturated heterocycles. The highest BCUT2D eigenvalue weighted by atomic mass is 19.2. The van der Waals surface area contributed by atoms with E-state index in [1.807, 2.05) is 13.8 Å². The van der Waals surface area contributed by atoms with E-state index >= 15 is 0 Å². The lowest BCUT2D eigenvalue weighted by molar-refractivity contribution is 0.0693. The first-order chi connectivity index (χ1) is 18.2. The number of aliphatic hydroxyl groups is 1. The van der Waals surface area contributed by atoms with Gasteiger partial charge in [-0.1, -0.05) is 12.1 Å². The topological polar surface area (TPSA) is 111 Å². The number of fused-ring (bicyclic) bond motifs is 1. The number of nitrogens with zero attached hydrogens (tertiary/aromatic N) is 3. The summed E-state index contributed by atoms with van der Waals surface area (Å²) in [7, 11) is 0. The van der Waals surface area contributed by atoms with E-state index in [0.29, 0.717) is 27.9 Å². The van der Waals surface area contributed by atoms with Crippen LogP contribution in [0.1, 0.15) is 46.0 Å². The molecular weight excluding hydrogens is 494 g/mol. The Kier molecular flexibility index (Phi) is 8.02. The zero-order valence-electron chi connectivity index (χ0n) is 21.0. The largest absolute Gasteiger partial charge is 0.491 e. The molecular formula is C28H28F2N4O4. The number of carbonyl (C=O) groups excluding carboxylic acids is 2. The summed E-state index contributed by atoms with van der Waals surface area (Å²) in [5.41, 5.74) is 7.26. The molecule has 0 atom stereocenters. The fraction of sp³-hybridized carbons (Fsp3) is 0.250. The summed E-state index contributed by atoms with van der Waals surface area (Å²) in [5, 5.41) is 10.1. The first-order valence-electron chi connectivity index (χ1n) is 12.1. The van der Waals surface area contributed by atoms with Crippen molar-refractivity contribution in [2.75, 3.05) is 13.2 Å². The molecule has 0 aliphatic rings. The van der Waals surface area contributed by atoms with Crippen LogP contribution >= 0.6 is 0 Å². The van der Waals surface area contributed by atoms with Crippen molar-refractivity contribution in [2.24, 2.45) is 5.73 Å². The van der Waals surface area contributed by atoms with E-state index < -0.39 is 30.1 Å². The summed E-state index contributed by atoms with van der Waals surface area (Å²) in [6, 6.07) is 13.8. The molecule has 0 radical (unpaired) electrons. The van der Waals surface area contributed by atoms with Gasteiger partial charge in [0.05, 0.1) is 36.0 Å². The van der Waals surface area contributed by atoms with Crippen LogP contribution in [0, 0.1) is 11.6 Å². The number of amides is 2. The summed E-state index contributed by atoms with van der Waals surface area (Å²) in [6.07, 6.45) is 1.51. The Bertz CT molecular complexity index is 1470. The second kappa shape index (κ2) is 11.4. The number of pyridine rings is 1. The maximum atomic E-state index is 14.0. The number of rotatable bonds is 10. The molecule has 2 aromatic carbocycles. The minimum atomic E-state index is -1.06. The molecule has 8 nitrogen and oxygen atoms in total. The van der Waals surface area contributed by atoms with Gasteiger partial charge in [0, 0.05) is 30.7 Å². The van der Waals surface area contributed by atoms with Gasteiger partial charge in [-0.3, -0.25) is 14.6 Å². The highest BCUT2D eigenvalue weighted by Crippen LogP contribution is 2.32. The maximum absolute atomic E-state index is 14.0. The lowest BCUT2D eigenvalue weighted by Gasteiger charge is -2.23. The molecule has 0 aliphatic heterocycles. The summed E-state index contributed by atoms with van der Waals surface area (Å²) >= 11 is 0. The first-order valence-corrected chi connectivity index (χ1v) is 12.1. The molecule has 38 heavy (non-hydrogen) atoms. The maximum Gasteiger partial charge on any atom is 0.271 e. The van der Waals surface area contributed by atoms with Crippen molar-refractivity contribution in [3.05, 3.63) is 94.9 Å². The molecule has 0 bridgehead atoms. The Morgan fingerprint density at radius 2 is 1.89 bits per heavy atom. The quantitative estimate of drug-likeness (QED) is 0.328. The first kappa shape index (κ1) is 26.7. The summed E-state index contributed by atoms with van der Waals surface area (Å²) in [5.74, 6) is -2.96. The van der Waals surface area contributed by atoms with Crippen LogP contribution in [0.25, 0.3) is 10.9 Å². The Balaban J connectivity index is 1.90. The fourth-order valence-corrected chi connectivity index (χ4v) is 4.35. The molecule has 4 rings (SSSR count).